The number of carbonyl (C=O) groups excluding carboxylic acids is 2. The molecule has 0 radical (unpaired) electrons. The molecule has 3 aromatic rings. The summed E-state index contributed by atoms with van der Waals surface area (Å²) in [6.45, 7) is 3.94. The maximum Gasteiger partial charge on any atom is 0.451 e. The summed E-state index contributed by atoms with van der Waals surface area (Å²) in [6, 6.07) is 4.31. The highest BCUT2D eigenvalue weighted by atomic mass is 32.1. The number of morpholine rings is 1. The topological polar surface area (TPSA) is 115 Å². The Labute approximate surface area is 208 Å². The smallest absolute Gasteiger partial charge is 0.451 e. The molecule has 9 nitrogen and oxygen atoms in total. The monoisotopic (exact) mass is 521 g/mol. The van der Waals surface area contributed by atoms with Crippen molar-refractivity contribution in [3.63, 3.8) is 0 Å². The molecule has 0 bridgehead atoms. The van der Waals surface area contributed by atoms with Crippen LogP contribution in [-0.2, 0) is 15.7 Å². The van der Waals surface area contributed by atoms with E-state index in [4.69, 9.17) is 9.47 Å². The second kappa shape index (κ2) is 10.6. The summed E-state index contributed by atoms with van der Waals surface area (Å²) >= 11 is 1.45. The van der Waals surface area contributed by atoms with Crippen LogP contribution in [0.4, 0.5) is 13.2 Å². The number of hydrogen-bond donors (Lipinski definition) is 2. The zero-order valence-corrected chi connectivity index (χ0v) is 20.1. The summed E-state index contributed by atoms with van der Waals surface area (Å²) in [4.78, 5) is 36.4. The molecule has 0 spiro atoms. The van der Waals surface area contributed by atoms with Crippen LogP contribution in [0.25, 0.3) is 10.6 Å². The minimum absolute atomic E-state index is 0.0499. The Morgan fingerprint density at radius 1 is 1.25 bits per heavy atom. The number of thiazole rings is 1. The first-order valence-corrected chi connectivity index (χ1v) is 11.7. The van der Waals surface area contributed by atoms with Crippen LogP contribution < -0.4 is 15.4 Å². The summed E-state index contributed by atoms with van der Waals surface area (Å²) in [5.41, 5.74) is 1.25. The van der Waals surface area contributed by atoms with Gasteiger partial charge >= 0.3 is 6.18 Å². The molecule has 4 rings (SSSR count). The highest BCUT2D eigenvalue weighted by molar-refractivity contribution is 7.14. The van der Waals surface area contributed by atoms with E-state index in [1.54, 1.807) is 31.3 Å². The van der Waals surface area contributed by atoms with Gasteiger partial charge in [0.05, 0.1) is 6.04 Å². The number of aryl methyl sites for hydroxylation is 1. The molecular formula is C23H22F3N5O4S. The Bertz CT molecular complexity index is 1240. The number of aromatic nitrogens is 3. The van der Waals surface area contributed by atoms with Crippen LogP contribution in [0, 0.1) is 6.92 Å². The van der Waals surface area contributed by atoms with Crippen molar-refractivity contribution in [1.29, 1.82) is 0 Å². The SMILES string of the molecule is Cc1cnc(-c2cc(OC[C@@H]3CNC(=O)CO3)cc(C(=O)NC(C)c3cnc(C(F)(F)F)nc3)c2)s1. The molecule has 2 aromatic heterocycles. The van der Waals surface area contributed by atoms with Gasteiger partial charge in [0.25, 0.3) is 5.91 Å². The minimum atomic E-state index is -4.65. The average molecular weight is 522 g/mol. The molecule has 190 valence electrons. The van der Waals surface area contributed by atoms with Gasteiger partial charge in [-0.2, -0.15) is 13.2 Å². The first-order valence-electron chi connectivity index (χ1n) is 10.9. The van der Waals surface area contributed by atoms with Crippen molar-refractivity contribution in [1.82, 2.24) is 25.6 Å². The number of hydrogen-bond acceptors (Lipinski definition) is 8. The summed E-state index contributed by atoms with van der Waals surface area (Å²) < 4.78 is 49.5. The van der Waals surface area contributed by atoms with Crippen LogP contribution in [0.2, 0.25) is 0 Å². The largest absolute Gasteiger partial charge is 0.491 e. The zero-order valence-electron chi connectivity index (χ0n) is 19.3. The first-order chi connectivity index (χ1) is 17.1. The second-order valence-corrected chi connectivity index (χ2v) is 9.34. The number of nitrogens with zero attached hydrogens (tertiary/aromatic N) is 3. The lowest BCUT2D eigenvalue weighted by atomic mass is 10.1. The van der Waals surface area contributed by atoms with E-state index in [-0.39, 0.29) is 30.8 Å². The summed E-state index contributed by atoms with van der Waals surface area (Å²) in [5.74, 6) is -1.52. The van der Waals surface area contributed by atoms with Gasteiger partial charge in [0.1, 0.15) is 30.1 Å². The van der Waals surface area contributed by atoms with E-state index in [1.807, 2.05) is 6.92 Å². The molecule has 1 saturated heterocycles. The molecule has 0 aliphatic carbocycles. The van der Waals surface area contributed by atoms with E-state index in [1.165, 1.54) is 11.3 Å². The Morgan fingerprint density at radius 2 is 2.00 bits per heavy atom. The number of halogens is 3. The third-order valence-corrected chi connectivity index (χ3v) is 6.18. The molecule has 36 heavy (non-hydrogen) atoms. The normalized spacial score (nSPS) is 16.8. The Balaban J connectivity index is 1.52. The molecule has 1 aliphatic rings. The minimum Gasteiger partial charge on any atom is -0.491 e. The number of benzene rings is 1. The fraction of sp³-hybridized carbons (Fsp3) is 0.348. The van der Waals surface area contributed by atoms with Gasteiger partial charge in [-0.1, -0.05) is 0 Å². The van der Waals surface area contributed by atoms with Crippen molar-refractivity contribution in [2.45, 2.75) is 32.2 Å². The van der Waals surface area contributed by atoms with E-state index in [2.05, 4.69) is 25.6 Å². The summed E-state index contributed by atoms with van der Waals surface area (Å²) in [7, 11) is 0. The number of carbonyl (C=O) groups is 2. The van der Waals surface area contributed by atoms with Gasteiger partial charge in [-0.15, -0.1) is 11.3 Å². The summed E-state index contributed by atoms with van der Waals surface area (Å²) in [6.07, 6.45) is -1.20. The molecule has 3 heterocycles. The number of ether oxygens (including phenoxy) is 2. The van der Waals surface area contributed by atoms with Crippen LogP contribution >= 0.6 is 11.3 Å². The molecule has 2 atom stereocenters. The van der Waals surface area contributed by atoms with Crippen LogP contribution in [0.1, 0.15) is 39.6 Å². The third-order valence-electron chi connectivity index (χ3n) is 5.22. The van der Waals surface area contributed by atoms with Crippen molar-refractivity contribution >= 4 is 23.2 Å². The van der Waals surface area contributed by atoms with Crippen LogP contribution in [0.5, 0.6) is 5.75 Å². The van der Waals surface area contributed by atoms with Gasteiger partial charge in [0.2, 0.25) is 11.7 Å². The van der Waals surface area contributed by atoms with Crippen molar-refractivity contribution in [3.8, 4) is 16.3 Å². The van der Waals surface area contributed by atoms with Crippen molar-refractivity contribution in [2.75, 3.05) is 19.8 Å². The van der Waals surface area contributed by atoms with E-state index in [0.29, 0.717) is 28.4 Å². The highest BCUT2D eigenvalue weighted by Crippen LogP contribution is 2.30. The van der Waals surface area contributed by atoms with Gasteiger partial charge in [0, 0.05) is 46.7 Å². The molecule has 1 fully saturated rings. The Morgan fingerprint density at radius 3 is 2.61 bits per heavy atom. The van der Waals surface area contributed by atoms with Crippen LogP contribution in [0.3, 0.4) is 0 Å². The maximum atomic E-state index is 13.1. The van der Waals surface area contributed by atoms with Crippen molar-refractivity contribution < 1.29 is 32.2 Å². The van der Waals surface area contributed by atoms with E-state index in [0.717, 1.165) is 17.3 Å². The maximum absolute atomic E-state index is 13.1. The van der Waals surface area contributed by atoms with Gasteiger partial charge in [-0.05, 0) is 32.0 Å². The highest BCUT2D eigenvalue weighted by Gasteiger charge is 2.34. The molecule has 1 unspecified atom stereocenters. The fourth-order valence-corrected chi connectivity index (χ4v) is 4.08. The van der Waals surface area contributed by atoms with E-state index in [9.17, 15) is 22.8 Å². The molecule has 13 heteroatoms. The predicted octanol–water partition coefficient (Wildman–Crippen LogP) is 3.31. The van der Waals surface area contributed by atoms with Crippen LogP contribution in [0.15, 0.2) is 36.8 Å². The standard InChI is InChI=1S/C23H22F3N5O4S/c1-12-6-28-21(36-12)15-3-14(4-17(5-15)34-10-18-9-27-19(32)11-35-18)20(33)31-13(2)16-7-29-22(30-8-16)23(24,25)26/h3-8,13,18H,9-11H2,1-2H3,(H,27,32)(H,31,33)/t13?,18-/m0/s1. The fourth-order valence-electron chi connectivity index (χ4n) is 3.32. The molecule has 1 aliphatic heterocycles. The molecule has 2 N–H and O–H groups in total. The molecule has 2 amide bonds. The molecular weight excluding hydrogens is 499 g/mol. The van der Waals surface area contributed by atoms with Crippen LogP contribution in [-0.4, -0.2) is 52.6 Å². The lowest BCUT2D eigenvalue weighted by molar-refractivity contribution is -0.145. The number of nitrogens with one attached hydrogen (secondary N) is 2. The second-order valence-electron chi connectivity index (χ2n) is 8.10. The van der Waals surface area contributed by atoms with Crippen molar-refractivity contribution in [2.24, 2.45) is 0 Å². The van der Waals surface area contributed by atoms with Gasteiger partial charge < -0.3 is 20.1 Å². The van der Waals surface area contributed by atoms with Gasteiger partial charge in [0.15, 0.2) is 0 Å². The molecule has 1 aromatic carbocycles. The number of amides is 2. The van der Waals surface area contributed by atoms with Gasteiger partial charge in [-0.3, -0.25) is 9.59 Å². The number of alkyl halides is 3. The van der Waals surface area contributed by atoms with Crippen molar-refractivity contribution in [3.05, 3.63) is 58.6 Å². The van der Waals surface area contributed by atoms with Gasteiger partial charge in [-0.25, -0.2) is 15.0 Å². The molecule has 0 saturated carbocycles. The quantitative estimate of drug-likeness (QED) is 0.490. The Kier molecular flexibility index (Phi) is 7.50. The predicted molar refractivity (Wildman–Crippen MR) is 123 cm³/mol. The first kappa shape index (κ1) is 25.5. The Hall–Kier alpha value is -3.58. The van der Waals surface area contributed by atoms with E-state index >= 15 is 0 Å². The number of rotatable bonds is 7. The van der Waals surface area contributed by atoms with E-state index < -0.39 is 23.9 Å². The lowest BCUT2D eigenvalue weighted by Crippen LogP contribution is -2.45. The summed E-state index contributed by atoms with van der Waals surface area (Å²) in [5, 5.41) is 6.14. The average Bonchev–Trinajstić information content (AvgIpc) is 3.29. The zero-order chi connectivity index (χ0) is 25.9. The third kappa shape index (κ3) is 6.34. The lowest BCUT2D eigenvalue weighted by Gasteiger charge is -2.23.